The smallest absolute Gasteiger partial charge is 0.310 e. The van der Waals surface area contributed by atoms with Gasteiger partial charge in [-0.1, -0.05) is 49.6 Å². The van der Waals surface area contributed by atoms with E-state index < -0.39 is 0 Å². The number of carbonyl (C=O) groups is 2. The van der Waals surface area contributed by atoms with Crippen molar-refractivity contribution in [1.29, 1.82) is 0 Å². The maximum Gasteiger partial charge on any atom is 0.310 e. The van der Waals surface area contributed by atoms with Gasteiger partial charge in [0.25, 0.3) is 5.91 Å². The highest BCUT2D eigenvalue weighted by Gasteiger charge is 2.36. The van der Waals surface area contributed by atoms with E-state index in [4.69, 9.17) is 4.74 Å². The molecule has 1 fully saturated rings. The largest absolute Gasteiger partial charge is 0.466 e. The molecule has 0 aromatic heterocycles. The molecule has 1 amide bonds. The quantitative estimate of drug-likeness (QED) is 0.674. The monoisotopic (exact) mass is 402 g/mol. The summed E-state index contributed by atoms with van der Waals surface area (Å²) in [6.45, 7) is 5.02. The van der Waals surface area contributed by atoms with Crippen molar-refractivity contribution in [3.63, 3.8) is 0 Å². The minimum Gasteiger partial charge on any atom is -0.466 e. The lowest BCUT2D eigenvalue weighted by Crippen LogP contribution is -2.39. The van der Waals surface area contributed by atoms with Gasteiger partial charge in [-0.05, 0) is 44.4 Å². The van der Waals surface area contributed by atoms with E-state index in [1.807, 2.05) is 31.2 Å². The fourth-order valence-electron chi connectivity index (χ4n) is 3.94. The van der Waals surface area contributed by atoms with Crippen LogP contribution in [-0.4, -0.2) is 35.4 Å². The number of ether oxygens (including phenoxy) is 1. The number of amidine groups is 1. The fraction of sp³-hybridized carbons (Fsp3) is 0.591. The summed E-state index contributed by atoms with van der Waals surface area (Å²) in [7, 11) is 0. The van der Waals surface area contributed by atoms with Gasteiger partial charge in [0.15, 0.2) is 5.17 Å². The van der Waals surface area contributed by atoms with E-state index in [0.29, 0.717) is 11.9 Å². The van der Waals surface area contributed by atoms with Crippen LogP contribution in [0, 0.1) is 5.92 Å². The minimum absolute atomic E-state index is 0.0537. The first-order valence-corrected chi connectivity index (χ1v) is 11.3. The predicted molar refractivity (Wildman–Crippen MR) is 115 cm³/mol. The van der Waals surface area contributed by atoms with Gasteiger partial charge in [0.2, 0.25) is 0 Å². The molecule has 0 bridgehead atoms. The standard InChI is InChI=1S/C22H30N2O3S/c1-3-24(17-13-11-16(12-14-17)15-20(25)27-4-2)22-23-21(26)18-9-7-5-6-8-10-19(18)28-22/h11-14,18-19H,3-10,15H2,1-2H3. The Kier molecular flexibility index (Phi) is 7.54. The molecular formula is C22H30N2O3S. The Hall–Kier alpha value is -1.82. The van der Waals surface area contributed by atoms with Gasteiger partial charge in [-0.25, -0.2) is 0 Å². The molecule has 2 aliphatic rings. The summed E-state index contributed by atoms with van der Waals surface area (Å²) >= 11 is 1.77. The minimum atomic E-state index is -0.212. The summed E-state index contributed by atoms with van der Waals surface area (Å²) in [6.07, 6.45) is 7.18. The number of carbonyl (C=O) groups excluding carboxylic acids is 2. The van der Waals surface area contributed by atoms with E-state index in [0.717, 1.165) is 42.2 Å². The Morgan fingerprint density at radius 3 is 2.54 bits per heavy atom. The van der Waals surface area contributed by atoms with Crippen LogP contribution in [0.1, 0.15) is 57.9 Å². The van der Waals surface area contributed by atoms with Crippen molar-refractivity contribution in [3.05, 3.63) is 29.8 Å². The molecule has 1 heterocycles. The Labute approximate surface area is 171 Å². The number of nitrogens with zero attached hydrogens (tertiary/aromatic N) is 2. The average Bonchev–Trinajstić information content (AvgIpc) is 2.65. The van der Waals surface area contributed by atoms with Crippen LogP contribution in [0.4, 0.5) is 5.69 Å². The Morgan fingerprint density at radius 2 is 1.86 bits per heavy atom. The van der Waals surface area contributed by atoms with Crippen LogP contribution < -0.4 is 4.90 Å². The van der Waals surface area contributed by atoms with E-state index in [1.165, 1.54) is 19.3 Å². The van der Waals surface area contributed by atoms with Crippen LogP contribution in [0.15, 0.2) is 29.3 Å². The fourth-order valence-corrected chi connectivity index (χ4v) is 5.41. The van der Waals surface area contributed by atoms with Crippen LogP contribution in [0.25, 0.3) is 0 Å². The molecule has 1 saturated carbocycles. The highest BCUT2D eigenvalue weighted by Crippen LogP contribution is 2.38. The van der Waals surface area contributed by atoms with E-state index in [2.05, 4.69) is 16.8 Å². The summed E-state index contributed by atoms with van der Waals surface area (Å²) in [4.78, 5) is 31.0. The number of amides is 1. The maximum atomic E-state index is 12.7. The third kappa shape index (κ3) is 5.16. The van der Waals surface area contributed by atoms with Gasteiger partial charge >= 0.3 is 5.97 Å². The molecule has 1 aliphatic heterocycles. The summed E-state index contributed by atoms with van der Waals surface area (Å²) in [5.74, 6) is -0.0755. The number of rotatable bonds is 5. The van der Waals surface area contributed by atoms with Crippen LogP contribution in [0.2, 0.25) is 0 Å². The van der Waals surface area contributed by atoms with Crippen molar-refractivity contribution in [2.45, 2.75) is 64.0 Å². The number of hydrogen-bond donors (Lipinski definition) is 0. The van der Waals surface area contributed by atoms with Crippen molar-refractivity contribution in [1.82, 2.24) is 0 Å². The first kappa shape index (κ1) is 20.9. The maximum absolute atomic E-state index is 12.7. The Bertz CT molecular complexity index is 717. The van der Waals surface area contributed by atoms with E-state index in [9.17, 15) is 9.59 Å². The first-order chi connectivity index (χ1) is 13.6. The summed E-state index contributed by atoms with van der Waals surface area (Å²) in [6, 6.07) is 7.89. The molecule has 6 heteroatoms. The van der Waals surface area contributed by atoms with E-state index in [1.54, 1.807) is 11.8 Å². The number of benzene rings is 1. The normalized spacial score (nSPS) is 22.5. The Morgan fingerprint density at radius 1 is 1.14 bits per heavy atom. The van der Waals surface area contributed by atoms with Gasteiger partial charge in [-0.2, -0.15) is 4.99 Å². The third-order valence-electron chi connectivity index (χ3n) is 5.43. The molecule has 2 atom stereocenters. The second-order valence-electron chi connectivity index (χ2n) is 7.38. The number of hydrogen-bond acceptors (Lipinski definition) is 5. The second-order valence-corrected chi connectivity index (χ2v) is 8.59. The number of esters is 1. The molecule has 28 heavy (non-hydrogen) atoms. The molecule has 5 nitrogen and oxygen atoms in total. The van der Waals surface area contributed by atoms with Gasteiger partial charge in [0.05, 0.1) is 18.9 Å². The SMILES string of the molecule is CCOC(=O)Cc1ccc(N(CC)C2=NC(=O)C3CCCCCCC3S2)cc1. The van der Waals surface area contributed by atoms with Crippen molar-refractivity contribution in [3.8, 4) is 0 Å². The van der Waals surface area contributed by atoms with Crippen LogP contribution in [0.3, 0.4) is 0 Å². The highest BCUT2D eigenvalue weighted by molar-refractivity contribution is 8.14. The zero-order valence-corrected chi connectivity index (χ0v) is 17.7. The molecule has 152 valence electrons. The van der Waals surface area contributed by atoms with Crippen molar-refractivity contribution in [2.24, 2.45) is 10.9 Å². The van der Waals surface area contributed by atoms with Gasteiger partial charge in [-0.3, -0.25) is 9.59 Å². The molecule has 1 aromatic rings. The highest BCUT2D eigenvalue weighted by atomic mass is 32.2. The summed E-state index contributed by atoms with van der Waals surface area (Å²) in [5, 5.41) is 1.16. The molecule has 1 aliphatic carbocycles. The van der Waals surface area contributed by atoms with Crippen molar-refractivity contribution in [2.75, 3.05) is 18.1 Å². The first-order valence-electron chi connectivity index (χ1n) is 10.4. The van der Waals surface area contributed by atoms with Crippen LogP contribution in [-0.2, 0) is 20.7 Å². The molecule has 2 unspecified atom stereocenters. The lowest BCUT2D eigenvalue weighted by molar-refractivity contribution is -0.142. The zero-order chi connectivity index (χ0) is 19.9. The van der Waals surface area contributed by atoms with Crippen LogP contribution in [0.5, 0.6) is 0 Å². The second kappa shape index (κ2) is 10.1. The molecular weight excluding hydrogens is 372 g/mol. The number of anilines is 1. The number of fused-ring (bicyclic) bond motifs is 1. The van der Waals surface area contributed by atoms with Crippen molar-refractivity contribution < 1.29 is 14.3 Å². The lowest BCUT2D eigenvalue weighted by atomic mass is 9.90. The van der Waals surface area contributed by atoms with Gasteiger partial charge < -0.3 is 9.64 Å². The molecule has 0 saturated heterocycles. The van der Waals surface area contributed by atoms with Crippen molar-refractivity contribution >= 4 is 34.5 Å². The van der Waals surface area contributed by atoms with Gasteiger partial charge in [-0.15, -0.1) is 0 Å². The summed E-state index contributed by atoms with van der Waals surface area (Å²) < 4.78 is 5.01. The zero-order valence-electron chi connectivity index (χ0n) is 16.9. The number of thioether (sulfide) groups is 1. The number of aliphatic imine (C=N–C) groups is 1. The van der Waals surface area contributed by atoms with Gasteiger partial charge in [0, 0.05) is 17.5 Å². The van der Waals surface area contributed by atoms with Gasteiger partial charge in [0.1, 0.15) is 0 Å². The van der Waals surface area contributed by atoms with E-state index in [-0.39, 0.29) is 24.2 Å². The Balaban J connectivity index is 1.74. The molecule has 0 N–H and O–H groups in total. The topological polar surface area (TPSA) is 59.0 Å². The van der Waals surface area contributed by atoms with E-state index >= 15 is 0 Å². The third-order valence-corrected chi connectivity index (χ3v) is 6.82. The lowest BCUT2D eigenvalue weighted by Gasteiger charge is -2.34. The molecule has 0 radical (unpaired) electrons. The molecule has 0 spiro atoms. The predicted octanol–water partition coefficient (Wildman–Crippen LogP) is 4.59. The molecule has 1 aromatic carbocycles. The summed E-state index contributed by atoms with van der Waals surface area (Å²) in [5.41, 5.74) is 1.92. The van der Waals surface area contributed by atoms with Crippen LogP contribution >= 0.6 is 11.8 Å². The average molecular weight is 403 g/mol. The molecule has 3 rings (SSSR count).